The second kappa shape index (κ2) is 1.32. The van der Waals surface area contributed by atoms with Crippen LogP contribution in [0.1, 0.15) is 6.42 Å². The van der Waals surface area contributed by atoms with Crippen LogP contribution in [0, 0.1) is 47.3 Å². The van der Waals surface area contributed by atoms with Crippen molar-refractivity contribution in [2.45, 2.75) is 6.42 Å². The molecule has 2 bridgehead atoms. The van der Waals surface area contributed by atoms with E-state index in [2.05, 4.69) is 0 Å². The summed E-state index contributed by atoms with van der Waals surface area (Å²) in [5.74, 6) is 4.76. The van der Waals surface area contributed by atoms with Gasteiger partial charge in [0.15, 0.2) is 0 Å². The highest BCUT2D eigenvalue weighted by molar-refractivity contribution is 6.04. The minimum absolute atomic E-state index is 0.211. The minimum atomic E-state index is 0.211. The minimum Gasteiger partial charge on any atom is -0.299 e. The SMILES string of the molecule is O=C1C2CC3C1C1C(=O)C4C2C3C14. The molecule has 5 saturated carbocycles. The van der Waals surface area contributed by atoms with Crippen LogP contribution in [0.3, 0.4) is 0 Å². The van der Waals surface area contributed by atoms with Gasteiger partial charge in [-0.3, -0.25) is 9.59 Å². The first-order valence-electron chi connectivity index (χ1n) is 5.38. The van der Waals surface area contributed by atoms with E-state index in [1.807, 2.05) is 0 Å². The van der Waals surface area contributed by atoms with Crippen LogP contribution >= 0.6 is 0 Å². The molecule has 5 rings (SSSR count). The van der Waals surface area contributed by atoms with Gasteiger partial charge in [0, 0.05) is 23.7 Å². The van der Waals surface area contributed by atoms with Gasteiger partial charge in [0.25, 0.3) is 0 Å². The molecule has 0 aromatic rings. The van der Waals surface area contributed by atoms with Gasteiger partial charge in [0.05, 0.1) is 0 Å². The van der Waals surface area contributed by atoms with Gasteiger partial charge in [0.2, 0.25) is 0 Å². The predicted octanol–water partition coefficient (Wildman–Crippen LogP) is 0.512. The molecule has 0 radical (unpaired) electrons. The first kappa shape index (κ1) is 5.94. The standard InChI is InChI=1S/C11H10O2/c12-10-3-1-2-4-5(3)8-7(4)9(6(2)10)11(8)13/h2-9H,1H2. The molecule has 0 aromatic carbocycles. The van der Waals surface area contributed by atoms with E-state index >= 15 is 0 Å². The molecule has 5 fully saturated rings. The van der Waals surface area contributed by atoms with Crippen LogP contribution in [0.2, 0.25) is 0 Å². The number of hydrogen-bond donors (Lipinski definition) is 0. The molecule has 5 aliphatic carbocycles. The van der Waals surface area contributed by atoms with E-state index < -0.39 is 0 Å². The van der Waals surface area contributed by atoms with Gasteiger partial charge < -0.3 is 0 Å². The van der Waals surface area contributed by atoms with Gasteiger partial charge in [-0.1, -0.05) is 0 Å². The Morgan fingerprint density at radius 2 is 1.69 bits per heavy atom. The lowest BCUT2D eigenvalue weighted by Gasteiger charge is -2.56. The molecular formula is C11H10O2. The highest BCUT2D eigenvalue weighted by atomic mass is 16.1. The Hall–Kier alpha value is -0.660. The first-order chi connectivity index (χ1) is 6.30. The van der Waals surface area contributed by atoms with Crippen molar-refractivity contribution in [3.63, 3.8) is 0 Å². The molecule has 0 aliphatic heterocycles. The summed E-state index contributed by atoms with van der Waals surface area (Å²) in [7, 11) is 0. The fourth-order valence-electron chi connectivity index (χ4n) is 5.69. The third-order valence-electron chi connectivity index (χ3n) is 5.82. The molecular weight excluding hydrogens is 164 g/mol. The second-order valence-corrected chi connectivity index (χ2v) is 5.62. The van der Waals surface area contributed by atoms with E-state index in [-0.39, 0.29) is 11.8 Å². The normalized spacial score (nSPS) is 74.2. The largest absolute Gasteiger partial charge is 0.299 e. The van der Waals surface area contributed by atoms with Gasteiger partial charge >= 0.3 is 0 Å². The summed E-state index contributed by atoms with van der Waals surface area (Å²) < 4.78 is 0. The molecule has 2 nitrogen and oxygen atoms in total. The zero-order valence-electron chi connectivity index (χ0n) is 7.14. The lowest BCUT2D eigenvalue weighted by atomic mass is 9.46. The Bertz CT molecular complexity index is 386. The predicted molar refractivity (Wildman–Crippen MR) is 42.6 cm³/mol. The summed E-state index contributed by atoms with van der Waals surface area (Å²) in [5.41, 5.74) is 0. The van der Waals surface area contributed by atoms with Crippen molar-refractivity contribution < 1.29 is 9.59 Å². The molecule has 0 saturated heterocycles. The monoisotopic (exact) mass is 174 g/mol. The molecule has 0 heterocycles. The zero-order chi connectivity index (χ0) is 8.48. The molecule has 0 aromatic heterocycles. The number of rotatable bonds is 0. The molecule has 66 valence electrons. The second-order valence-electron chi connectivity index (χ2n) is 5.62. The van der Waals surface area contributed by atoms with Crippen LogP contribution in [0.15, 0.2) is 0 Å². The quantitative estimate of drug-likeness (QED) is 0.536. The summed E-state index contributed by atoms with van der Waals surface area (Å²) >= 11 is 0. The fraction of sp³-hybridized carbons (Fsp3) is 0.818. The van der Waals surface area contributed by atoms with E-state index in [0.29, 0.717) is 41.2 Å². The highest BCUT2D eigenvalue weighted by Crippen LogP contribution is 2.81. The molecule has 0 N–H and O–H groups in total. The smallest absolute Gasteiger partial charge is 0.140 e. The Kier molecular flexibility index (Phi) is 0.602. The first-order valence-corrected chi connectivity index (χ1v) is 5.38. The van der Waals surface area contributed by atoms with Gasteiger partial charge in [-0.25, -0.2) is 0 Å². The molecule has 13 heavy (non-hydrogen) atoms. The average Bonchev–Trinajstić information content (AvgIpc) is 2.45. The fourth-order valence-corrected chi connectivity index (χ4v) is 5.69. The van der Waals surface area contributed by atoms with Crippen molar-refractivity contribution >= 4 is 11.6 Å². The van der Waals surface area contributed by atoms with E-state index in [1.54, 1.807) is 0 Å². The van der Waals surface area contributed by atoms with Crippen LogP contribution in [0.25, 0.3) is 0 Å². The van der Waals surface area contributed by atoms with Crippen molar-refractivity contribution in [2.24, 2.45) is 47.3 Å². The van der Waals surface area contributed by atoms with Crippen LogP contribution < -0.4 is 0 Å². The van der Waals surface area contributed by atoms with E-state index in [0.717, 1.165) is 12.3 Å². The van der Waals surface area contributed by atoms with Crippen LogP contribution in [-0.2, 0) is 9.59 Å². The molecule has 8 unspecified atom stereocenters. The average molecular weight is 174 g/mol. The maximum atomic E-state index is 11.9. The van der Waals surface area contributed by atoms with Crippen molar-refractivity contribution in [3.8, 4) is 0 Å². The van der Waals surface area contributed by atoms with E-state index in [9.17, 15) is 9.59 Å². The Morgan fingerprint density at radius 1 is 0.846 bits per heavy atom. The van der Waals surface area contributed by atoms with E-state index in [4.69, 9.17) is 0 Å². The van der Waals surface area contributed by atoms with Gasteiger partial charge in [-0.2, -0.15) is 0 Å². The van der Waals surface area contributed by atoms with Crippen molar-refractivity contribution in [2.75, 3.05) is 0 Å². The third-order valence-corrected chi connectivity index (χ3v) is 5.82. The van der Waals surface area contributed by atoms with Crippen LogP contribution in [0.5, 0.6) is 0 Å². The number of carbonyl (C=O) groups is 2. The van der Waals surface area contributed by atoms with Crippen molar-refractivity contribution in [3.05, 3.63) is 0 Å². The van der Waals surface area contributed by atoms with Crippen LogP contribution in [0.4, 0.5) is 0 Å². The molecule has 5 aliphatic rings. The third kappa shape index (κ3) is 0.323. The molecule has 0 spiro atoms. The molecule has 8 atom stereocenters. The molecule has 2 heteroatoms. The summed E-state index contributed by atoms with van der Waals surface area (Å²) in [6, 6.07) is 0. The zero-order valence-corrected chi connectivity index (χ0v) is 7.14. The van der Waals surface area contributed by atoms with Gasteiger partial charge in [-0.15, -0.1) is 0 Å². The summed E-state index contributed by atoms with van der Waals surface area (Å²) in [5, 5.41) is 0. The maximum absolute atomic E-state index is 11.9. The highest BCUT2D eigenvalue weighted by Gasteiger charge is 2.84. The lowest BCUT2D eigenvalue weighted by Crippen LogP contribution is -2.61. The Morgan fingerprint density at radius 3 is 2.54 bits per heavy atom. The summed E-state index contributed by atoms with van der Waals surface area (Å²) in [4.78, 5) is 23.6. The topological polar surface area (TPSA) is 34.1 Å². The number of ketones is 2. The lowest BCUT2D eigenvalue weighted by molar-refractivity contribution is -0.166. The Labute approximate surface area is 75.7 Å². The number of carbonyl (C=O) groups excluding carboxylic acids is 2. The Balaban J connectivity index is 1.86. The number of Topliss-reactive ketones (excluding diaryl/α,β-unsaturated/α-hetero) is 2. The van der Waals surface area contributed by atoms with Crippen molar-refractivity contribution in [1.29, 1.82) is 0 Å². The van der Waals surface area contributed by atoms with Crippen LogP contribution in [-0.4, -0.2) is 11.6 Å². The van der Waals surface area contributed by atoms with Gasteiger partial charge in [-0.05, 0) is 30.1 Å². The van der Waals surface area contributed by atoms with E-state index in [1.165, 1.54) is 0 Å². The molecule has 0 amide bonds. The number of hydrogen-bond acceptors (Lipinski definition) is 2. The van der Waals surface area contributed by atoms with Crippen molar-refractivity contribution in [1.82, 2.24) is 0 Å². The summed E-state index contributed by atoms with van der Waals surface area (Å²) in [6.45, 7) is 0. The van der Waals surface area contributed by atoms with Gasteiger partial charge in [0.1, 0.15) is 11.6 Å². The summed E-state index contributed by atoms with van der Waals surface area (Å²) in [6.07, 6.45) is 1.15. The maximum Gasteiger partial charge on any atom is 0.140 e. The number of fused-ring (bicyclic) bond motifs is 4.